The summed E-state index contributed by atoms with van der Waals surface area (Å²) in [7, 11) is -7.73. The van der Waals surface area contributed by atoms with E-state index < -0.39 is 36.8 Å². The number of carbonyl (C=O) groups is 2. The number of nitrogens with two attached hydrogens (primary N) is 1. The number of aromatic nitrogens is 1. The van der Waals surface area contributed by atoms with Crippen LogP contribution in [0.1, 0.15) is 40.4 Å². The Bertz CT molecular complexity index is 1670. The molecule has 41 heavy (non-hydrogen) atoms. The van der Waals surface area contributed by atoms with E-state index in [0.717, 1.165) is 35.3 Å². The molecule has 2 aliphatic rings. The molecule has 1 aliphatic carbocycles. The lowest BCUT2D eigenvalue weighted by Gasteiger charge is -2.31. The van der Waals surface area contributed by atoms with Gasteiger partial charge in [-0.3, -0.25) is 9.59 Å². The molecule has 2 amide bonds. The van der Waals surface area contributed by atoms with Crippen LogP contribution in [0.15, 0.2) is 42.5 Å². The molecule has 3 aromatic rings. The second-order valence-corrected chi connectivity index (χ2v) is 15.5. The number of sulfonamides is 1. The maximum absolute atomic E-state index is 13.3. The summed E-state index contributed by atoms with van der Waals surface area (Å²) in [5.41, 5.74) is 2.85. The molecule has 1 saturated carbocycles. The molecule has 220 valence electrons. The largest absolute Gasteiger partial charge is 0.375 e. The number of benzene rings is 2. The van der Waals surface area contributed by atoms with Gasteiger partial charge in [0.05, 0.1) is 34.4 Å². The fraction of sp³-hybridized carbons (Fsp3) is 0.444. The van der Waals surface area contributed by atoms with Gasteiger partial charge < -0.3 is 15.0 Å². The van der Waals surface area contributed by atoms with E-state index in [4.69, 9.17) is 9.88 Å². The molecule has 0 spiro atoms. The zero-order chi connectivity index (χ0) is 29.4. The molecule has 0 radical (unpaired) electrons. The number of sulfone groups is 1. The van der Waals surface area contributed by atoms with E-state index in [1.54, 1.807) is 23.1 Å². The molecule has 14 heteroatoms. The maximum Gasteiger partial charge on any atom is 0.254 e. The molecule has 1 unspecified atom stereocenters. The van der Waals surface area contributed by atoms with E-state index in [-0.39, 0.29) is 35.2 Å². The average molecular weight is 621 g/mol. The smallest absolute Gasteiger partial charge is 0.254 e. The van der Waals surface area contributed by atoms with Crippen LogP contribution in [0.25, 0.3) is 21.3 Å². The van der Waals surface area contributed by atoms with E-state index in [1.807, 2.05) is 31.2 Å². The highest BCUT2D eigenvalue weighted by Crippen LogP contribution is 2.38. The number of nitrogens with one attached hydrogen (secondary N) is 1. The summed E-state index contributed by atoms with van der Waals surface area (Å²) in [4.78, 5) is 32.2. The molecule has 1 aliphatic heterocycles. The molecule has 2 heterocycles. The predicted octanol–water partition coefficient (Wildman–Crippen LogP) is 2.09. The van der Waals surface area contributed by atoms with Gasteiger partial charge in [0.1, 0.15) is 5.01 Å². The summed E-state index contributed by atoms with van der Waals surface area (Å²) in [6.07, 6.45) is 1.58. The van der Waals surface area contributed by atoms with Gasteiger partial charge in [-0.05, 0) is 61.1 Å². The van der Waals surface area contributed by atoms with Crippen molar-refractivity contribution >= 4 is 53.2 Å². The van der Waals surface area contributed by atoms with Crippen LogP contribution in [-0.4, -0.2) is 82.4 Å². The van der Waals surface area contributed by atoms with Crippen molar-refractivity contribution in [3.8, 4) is 11.1 Å². The summed E-state index contributed by atoms with van der Waals surface area (Å²) in [5.74, 6) is -1.48. The first-order chi connectivity index (χ1) is 19.4. The fourth-order valence-corrected chi connectivity index (χ4v) is 8.68. The van der Waals surface area contributed by atoms with Crippen molar-refractivity contribution in [3.05, 3.63) is 53.0 Å². The van der Waals surface area contributed by atoms with Gasteiger partial charge in [-0.15, -0.1) is 11.3 Å². The SMILES string of the molecule is C[C@H]1CN(C(=O)c2ccc(-c3ccc4nc(C(C(=O)NCCS(N)(=O)=O)S(=O)(=O)CC5CC5)sc4c3)cc2)CCO1. The quantitative estimate of drug-likeness (QED) is 0.348. The molecule has 2 aromatic carbocycles. The van der Waals surface area contributed by atoms with Crippen LogP contribution in [0.4, 0.5) is 0 Å². The Morgan fingerprint density at radius 2 is 1.83 bits per heavy atom. The van der Waals surface area contributed by atoms with Gasteiger partial charge >= 0.3 is 0 Å². The van der Waals surface area contributed by atoms with Crippen LogP contribution in [0.2, 0.25) is 0 Å². The summed E-state index contributed by atoms with van der Waals surface area (Å²) in [6.45, 7) is 3.26. The normalized spacial score (nSPS) is 18.8. The zero-order valence-corrected chi connectivity index (χ0v) is 24.9. The third kappa shape index (κ3) is 7.30. The number of amides is 2. The molecule has 2 atom stereocenters. The second kappa shape index (κ2) is 11.8. The fourth-order valence-electron chi connectivity index (χ4n) is 4.77. The lowest BCUT2D eigenvalue weighted by molar-refractivity contribution is -0.120. The monoisotopic (exact) mass is 620 g/mol. The third-order valence-corrected chi connectivity index (χ3v) is 11.2. The van der Waals surface area contributed by atoms with Crippen LogP contribution in [0.3, 0.4) is 0 Å². The van der Waals surface area contributed by atoms with Crippen molar-refractivity contribution in [3.63, 3.8) is 0 Å². The van der Waals surface area contributed by atoms with E-state index >= 15 is 0 Å². The average Bonchev–Trinajstić information content (AvgIpc) is 3.61. The minimum absolute atomic E-state index is 0.000510. The van der Waals surface area contributed by atoms with Gasteiger partial charge in [0.2, 0.25) is 15.9 Å². The number of rotatable bonds is 10. The summed E-state index contributed by atoms with van der Waals surface area (Å²) in [5, 5.41) is 6.01. The van der Waals surface area contributed by atoms with Crippen molar-refractivity contribution < 1.29 is 31.2 Å². The molecular formula is C27H32N4O7S3. The topological polar surface area (TPSA) is 166 Å². The number of primary sulfonamides is 1. The molecule has 1 aromatic heterocycles. The Morgan fingerprint density at radius 3 is 2.49 bits per heavy atom. The first-order valence-electron chi connectivity index (χ1n) is 13.3. The molecule has 1 saturated heterocycles. The van der Waals surface area contributed by atoms with Crippen LogP contribution in [0.5, 0.6) is 0 Å². The van der Waals surface area contributed by atoms with Gasteiger partial charge in [-0.25, -0.2) is 27.0 Å². The number of hydrogen-bond acceptors (Lipinski definition) is 9. The Labute approximate surface area is 243 Å². The van der Waals surface area contributed by atoms with Gasteiger partial charge in [-0.1, -0.05) is 18.2 Å². The Morgan fingerprint density at radius 1 is 1.12 bits per heavy atom. The second-order valence-electron chi connectivity index (χ2n) is 10.6. The maximum atomic E-state index is 13.3. The highest BCUT2D eigenvalue weighted by atomic mass is 32.2. The van der Waals surface area contributed by atoms with Gasteiger partial charge in [-0.2, -0.15) is 0 Å². The molecular weight excluding hydrogens is 589 g/mol. The molecule has 0 bridgehead atoms. The van der Waals surface area contributed by atoms with Crippen molar-refractivity contribution in [1.29, 1.82) is 0 Å². The van der Waals surface area contributed by atoms with Gasteiger partial charge in [0, 0.05) is 25.2 Å². The van der Waals surface area contributed by atoms with E-state index in [0.29, 0.717) is 35.5 Å². The number of morpholine rings is 1. The van der Waals surface area contributed by atoms with E-state index in [1.165, 1.54) is 0 Å². The van der Waals surface area contributed by atoms with Crippen LogP contribution in [-0.2, 0) is 29.4 Å². The lowest BCUT2D eigenvalue weighted by atomic mass is 10.0. The number of ether oxygens (including phenoxy) is 1. The van der Waals surface area contributed by atoms with Crippen LogP contribution >= 0.6 is 11.3 Å². The van der Waals surface area contributed by atoms with Crippen molar-refractivity contribution in [2.45, 2.75) is 31.1 Å². The van der Waals surface area contributed by atoms with Crippen molar-refractivity contribution in [2.24, 2.45) is 11.1 Å². The van der Waals surface area contributed by atoms with Gasteiger partial charge in [0.15, 0.2) is 15.1 Å². The number of hydrogen-bond donors (Lipinski definition) is 2. The summed E-state index contributed by atoms with van der Waals surface area (Å²) < 4.78 is 55.4. The minimum Gasteiger partial charge on any atom is -0.375 e. The minimum atomic E-state index is -3.90. The molecule has 2 fully saturated rings. The third-order valence-electron chi connectivity index (χ3n) is 7.07. The highest BCUT2D eigenvalue weighted by molar-refractivity contribution is 7.92. The number of fused-ring (bicyclic) bond motifs is 1. The highest BCUT2D eigenvalue weighted by Gasteiger charge is 2.40. The van der Waals surface area contributed by atoms with Gasteiger partial charge in [0.25, 0.3) is 5.91 Å². The summed E-state index contributed by atoms with van der Waals surface area (Å²) in [6, 6.07) is 12.8. The van der Waals surface area contributed by atoms with Crippen LogP contribution in [0, 0.1) is 5.92 Å². The first kappa shape index (κ1) is 29.6. The molecule has 5 rings (SSSR count). The number of nitrogens with zero attached hydrogens (tertiary/aromatic N) is 2. The zero-order valence-electron chi connectivity index (χ0n) is 22.5. The standard InChI is InChI=1S/C27H32N4O7S3/c1-17-15-31(11-12-38-17)27(33)20-6-4-19(5-7-20)21-8-9-22-23(14-21)39-26(30-22)24(40(34,35)16-18-2-3-18)25(32)29-10-13-41(28,36)37/h4-9,14,17-18,24H,2-3,10-13,15-16H2,1H3,(H,29,32)(H2,28,36,37)/t17-,24?/m0/s1. The van der Waals surface area contributed by atoms with Crippen molar-refractivity contribution in [2.75, 3.05) is 37.7 Å². The Balaban J connectivity index is 1.38. The number of thiazole rings is 1. The lowest BCUT2D eigenvalue weighted by Crippen LogP contribution is -2.44. The Kier molecular flexibility index (Phi) is 8.48. The van der Waals surface area contributed by atoms with E-state index in [2.05, 4.69) is 10.3 Å². The van der Waals surface area contributed by atoms with E-state index in [9.17, 15) is 26.4 Å². The van der Waals surface area contributed by atoms with Crippen LogP contribution < -0.4 is 10.5 Å². The first-order valence-corrected chi connectivity index (χ1v) is 17.6. The molecule has 11 nitrogen and oxygen atoms in total. The predicted molar refractivity (Wildman–Crippen MR) is 157 cm³/mol. The number of carbonyl (C=O) groups excluding carboxylic acids is 2. The Hall–Kier alpha value is -2.91. The van der Waals surface area contributed by atoms with Crippen molar-refractivity contribution in [1.82, 2.24) is 15.2 Å². The summed E-state index contributed by atoms with van der Waals surface area (Å²) >= 11 is 1.12. The molecule has 3 N–H and O–H groups in total.